The Labute approximate surface area is 289 Å². The minimum atomic E-state index is -2.60. The first-order chi connectivity index (χ1) is 24.1. The van der Waals surface area contributed by atoms with Crippen molar-refractivity contribution in [1.29, 1.82) is 0 Å². The maximum absolute atomic E-state index is 13.1. The second kappa shape index (κ2) is 16.5. The number of rotatable bonds is 15. The van der Waals surface area contributed by atoms with Gasteiger partial charge in [-0.05, 0) is 47.9 Å². The maximum Gasteiger partial charge on any atom is 0.330 e. The molecular weight excluding hydrogens is 669 g/mol. The molecule has 1 fully saturated rings. The van der Waals surface area contributed by atoms with Crippen LogP contribution in [0.15, 0.2) is 101 Å². The Morgan fingerprint density at radius 3 is 2.06 bits per heavy atom. The number of aliphatic hydroxyl groups is 1. The molecule has 50 heavy (non-hydrogen) atoms. The number of ether oxygens (including phenoxy) is 5. The van der Waals surface area contributed by atoms with Crippen molar-refractivity contribution in [2.45, 2.75) is 49.4 Å². The summed E-state index contributed by atoms with van der Waals surface area (Å²) >= 11 is 0. The lowest BCUT2D eigenvalue weighted by atomic mass is 9.64. The van der Waals surface area contributed by atoms with Gasteiger partial charge < -0.3 is 38.2 Å². The third kappa shape index (κ3) is 7.67. The van der Waals surface area contributed by atoms with Gasteiger partial charge in [0.25, 0.3) is 14.1 Å². The summed E-state index contributed by atoms with van der Waals surface area (Å²) in [5.74, 6) is 0.638. The predicted molar refractivity (Wildman–Crippen MR) is 183 cm³/mol. The number of aromatic nitrogens is 2. The molecule has 1 aliphatic heterocycles. The zero-order chi connectivity index (χ0) is 35.8. The fourth-order valence-electron chi connectivity index (χ4n) is 6.37. The molecule has 0 spiro atoms. The minimum absolute atomic E-state index is 0.148. The average molecular weight is 710 g/mol. The maximum atomic E-state index is 13.1. The molecule has 1 saturated heterocycles. The fourth-order valence-corrected chi connectivity index (χ4v) is 6.88. The zero-order valence-corrected chi connectivity index (χ0v) is 28.6. The number of hydrogen-bond acceptors (Lipinski definition) is 12. The molecule has 0 aliphatic carbocycles. The predicted octanol–water partition coefficient (Wildman–Crippen LogP) is 2.75. The molecule has 14 nitrogen and oxygen atoms in total. The van der Waals surface area contributed by atoms with Gasteiger partial charge in [0.15, 0.2) is 6.23 Å². The molecule has 0 amide bonds. The monoisotopic (exact) mass is 709 g/mol. The van der Waals surface area contributed by atoms with Gasteiger partial charge in [-0.3, -0.25) is 24.6 Å². The van der Waals surface area contributed by atoms with Crippen LogP contribution in [0.1, 0.15) is 36.3 Å². The lowest BCUT2D eigenvalue weighted by Crippen LogP contribution is -2.53. The lowest BCUT2D eigenvalue weighted by molar-refractivity contribution is -0.146. The lowest BCUT2D eigenvalue weighted by Gasteiger charge is -2.45. The molecule has 4 aromatic rings. The number of aromatic amines is 1. The molecule has 1 aromatic heterocycles. The molecule has 3 aromatic carbocycles. The van der Waals surface area contributed by atoms with Crippen LogP contribution < -0.4 is 26.2 Å². The van der Waals surface area contributed by atoms with Crippen LogP contribution in [-0.4, -0.2) is 77.4 Å². The van der Waals surface area contributed by atoms with Crippen LogP contribution in [0.25, 0.3) is 0 Å². The second-order valence-electron chi connectivity index (χ2n) is 11.3. The van der Waals surface area contributed by atoms with Gasteiger partial charge in [-0.25, -0.2) is 4.79 Å². The summed E-state index contributed by atoms with van der Waals surface area (Å²) in [5.41, 5.74) is 5.18. The molecule has 0 bridgehead atoms. The van der Waals surface area contributed by atoms with Crippen molar-refractivity contribution in [3.05, 3.63) is 129 Å². The highest BCUT2D eigenvalue weighted by Crippen LogP contribution is 2.51. The summed E-state index contributed by atoms with van der Waals surface area (Å²) < 4.78 is 35.9. The summed E-state index contributed by atoms with van der Waals surface area (Å²) in [4.78, 5) is 50.2. The summed E-state index contributed by atoms with van der Waals surface area (Å²) in [6.07, 6.45) is -5.72. The molecule has 2 heterocycles. The van der Waals surface area contributed by atoms with E-state index in [4.69, 9.17) is 33.7 Å². The fraction of sp³-hybridized carbons (Fsp3) is 0.343. The van der Waals surface area contributed by atoms with Gasteiger partial charge in [0.2, 0.25) is 0 Å². The number of nitrogens with one attached hydrogen (secondary N) is 1. The summed E-state index contributed by atoms with van der Waals surface area (Å²) in [5, 5.41) is 12.2. The van der Waals surface area contributed by atoms with E-state index in [1.807, 2.05) is 54.6 Å². The Morgan fingerprint density at radius 1 is 0.960 bits per heavy atom. The van der Waals surface area contributed by atoms with Crippen molar-refractivity contribution < 1.29 is 43.0 Å². The molecule has 5 rings (SSSR count). The van der Waals surface area contributed by atoms with Crippen molar-refractivity contribution in [2.75, 3.05) is 27.4 Å². The molecule has 266 valence electrons. The Kier molecular flexibility index (Phi) is 12.2. The van der Waals surface area contributed by atoms with Gasteiger partial charge in [0.1, 0.15) is 35.9 Å². The average Bonchev–Trinajstić information content (AvgIpc) is 3.43. The number of nitrogens with zero attached hydrogens (tertiary/aromatic N) is 1. The molecule has 1 aliphatic rings. The quantitative estimate of drug-likeness (QED) is 0.0803. The first kappa shape index (κ1) is 36.9. The number of carbonyl (C=O) groups is 1. The number of carbonyl (C=O) groups excluding carboxylic acids is 1. The molecule has 5 N–H and O–H groups in total. The standard InChI is InChI=1S/C35H40N3O11P/c1-4-46-28(40)19-21-47-31-29(41)30(48-33(31)38-20-18-27(39)37-34(38)42)32(49-50(36)43)35(22-8-6-5-7-9-22,23-10-14-25(44-2)15-11-23)24-12-16-26(45-3)17-13-24/h5-18,20,29-33,41,43H,4,19,21,36H2,1-3H3,(H,37,39,42)/t29-,30+,31-,32?,33-,50?/m1/s1. The Hall–Kier alpha value is -4.40. The van der Waals surface area contributed by atoms with Crippen molar-refractivity contribution in [3.63, 3.8) is 0 Å². The van der Waals surface area contributed by atoms with E-state index in [0.717, 1.165) is 10.6 Å². The van der Waals surface area contributed by atoms with Gasteiger partial charge >= 0.3 is 11.7 Å². The van der Waals surface area contributed by atoms with Gasteiger partial charge in [0, 0.05) is 12.3 Å². The Bertz CT molecular complexity index is 1770. The van der Waals surface area contributed by atoms with E-state index in [-0.39, 0.29) is 19.6 Å². The smallest absolute Gasteiger partial charge is 0.330 e. The third-order valence-electron chi connectivity index (χ3n) is 8.56. The third-order valence-corrected chi connectivity index (χ3v) is 9.01. The highest BCUT2D eigenvalue weighted by Gasteiger charge is 2.58. The van der Waals surface area contributed by atoms with Gasteiger partial charge in [-0.1, -0.05) is 54.6 Å². The zero-order valence-electron chi connectivity index (χ0n) is 27.7. The van der Waals surface area contributed by atoms with E-state index < -0.39 is 61.8 Å². The van der Waals surface area contributed by atoms with Gasteiger partial charge in [-0.15, -0.1) is 0 Å². The number of nitrogens with two attached hydrogens (primary N) is 1. The van der Waals surface area contributed by atoms with E-state index >= 15 is 0 Å². The molecule has 0 saturated carbocycles. The minimum Gasteiger partial charge on any atom is -0.497 e. The van der Waals surface area contributed by atoms with E-state index in [1.54, 1.807) is 45.4 Å². The highest BCUT2D eigenvalue weighted by atomic mass is 31.2. The molecule has 2 unspecified atom stereocenters. The van der Waals surface area contributed by atoms with Crippen LogP contribution >= 0.6 is 8.53 Å². The van der Waals surface area contributed by atoms with E-state index in [0.29, 0.717) is 28.2 Å². The van der Waals surface area contributed by atoms with Crippen LogP contribution in [0.5, 0.6) is 11.5 Å². The van der Waals surface area contributed by atoms with Crippen molar-refractivity contribution in [2.24, 2.45) is 5.50 Å². The summed E-state index contributed by atoms with van der Waals surface area (Å²) in [6.45, 7) is 1.65. The normalized spacial score (nSPS) is 20.2. The van der Waals surface area contributed by atoms with Crippen LogP contribution in [0.2, 0.25) is 0 Å². The van der Waals surface area contributed by atoms with Crippen LogP contribution in [0, 0.1) is 0 Å². The SMILES string of the molecule is CCOC(=O)CCO[C@@H]1[C@H](O)[C@@H](C(OP(N)O)C(c2ccccc2)(c2ccc(OC)cc2)c2ccc(OC)cc2)O[C@H]1n1ccc(=O)[nH]c1=O. The summed E-state index contributed by atoms with van der Waals surface area (Å²) in [6, 6.07) is 24.8. The van der Waals surface area contributed by atoms with E-state index in [9.17, 15) is 24.4 Å². The molecular formula is C35H40N3O11P. The van der Waals surface area contributed by atoms with Crippen molar-refractivity contribution in [1.82, 2.24) is 9.55 Å². The van der Waals surface area contributed by atoms with Gasteiger partial charge in [-0.2, -0.15) is 0 Å². The highest BCUT2D eigenvalue weighted by molar-refractivity contribution is 7.43. The van der Waals surface area contributed by atoms with Crippen molar-refractivity contribution >= 4 is 14.5 Å². The number of methoxy groups -OCH3 is 2. The van der Waals surface area contributed by atoms with Crippen LogP contribution in [-0.2, 0) is 28.9 Å². The Morgan fingerprint density at radius 2 is 1.54 bits per heavy atom. The van der Waals surface area contributed by atoms with E-state index in [1.165, 1.54) is 6.20 Å². The number of benzene rings is 3. The molecule has 0 radical (unpaired) electrons. The van der Waals surface area contributed by atoms with Crippen LogP contribution in [0.4, 0.5) is 0 Å². The van der Waals surface area contributed by atoms with Crippen molar-refractivity contribution in [3.8, 4) is 11.5 Å². The first-order valence-electron chi connectivity index (χ1n) is 15.8. The Balaban J connectivity index is 1.74. The largest absolute Gasteiger partial charge is 0.497 e. The van der Waals surface area contributed by atoms with Gasteiger partial charge in [0.05, 0.1) is 39.3 Å². The van der Waals surface area contributed by atoms with Crippen LogP contribution in [0.3, 0.4) is 0 Å². The number of aliphatic hydroxyl groups excluding tert-OH is 1. The molecule has 15 heteroatoms. The van der Waals surface area contributed by atoms with E-state index in [2.05, 4.69) is 4.98 Å². The topological polar surface area (TPSA) is 194 Å². The number of hydrogen-bond donors (Lipinski definition) is 4. The second-order valence-corrected chi connectivity index (χ2v) is 12.2. The summed E-state index contributed by atoms with van der Waals surface area (Å²) in [7, 11) is 0.490. The number of esters is 1. The first-order valence-corrected chi connectivity index (χ1v) is 17.1. The number of H-pyrrole nitrogens is 1. The molecule has 6 atom stereocenters.